The minimum atomic E-state index is 0.243. The maximum absolute atomic E-state index is 12.4. The van der Waals surface area contributed by atoms with Gasteiger partial charge in [-0.3, -0.25) is 4.79 Å². The lowest BCUT2D eigenvalue weighted by Gasteiger charge is -2.21. The molecular weight excluding hydrogens is 248 g/mol. The fourth-order valence-electron chi connectivity index (χ4n) is 3.10. The van der Waals surface area contributed by atoms with Gasteiger partial charge in [0.15, 0.2) is 0 Å². The molecule has 1 fully saturated rings. The van der Waals surface area contributed by atoms with Crippen LogP contribution in [0.25, 0.3) is 0 Å². The SMILES string of the molecule is CCCC1CCCN(C(=O)Cc2cccc(N)c2)CC1. The molecule has 2 N–H and O–H groups in total. The normalized spacial score (nSPS) is 19.6. The Hall–Kier alpha value is -1.51. The van der Waals surface area contributed by atoms with Crippen molar-refractivity contribution in [2.45, 2.75) is 45.4 Å². The van der Waals surface area contributed by atoms with E-state index in [2.05, 4.69) is 6.92 Å². The summed E-state index contributed by atoms with van der Waals surface area (Å²) in [5.74, 6) is 1.05. The van der Waals surface area contributed by atoms with Crippen molar-refractivity contribution in [2.24, 2.45) is 5.92 Å². The van der Waals surface area contributed by atoms with Gasteiger partial charge in [-0.2, -0.15) is 0 Å². The summed E-state index contributed by atoms with van der Waals surface area (Å²) in [7, 11) is 0. The molecule has 0 saturated carbocycles. The van der Waals surface area contributed by atoms with E-state index in [-0.39, 0.29) is 5.91 Å². The van der Waals surface area contributed by atoms with E-state index in [1.54, 1.807) is 0 Å². The van der Waals surface area contributed by atoms with E-state index < -0.39 is 0 Å². The summed E-state index contributed by atoms with van der Waals surface area (Å²) in [6, 6.07) is 7.65. The van der Waals surface area contributed by atoms with Gasteiger partial charge in [-0.15, -0.1) is 0 Å². The first kappa shape index (κ1) is 14.9. The van der Waals surface area contributed by atoms with Crippen molar-refractivity contribution in [2.75, 3.05) is 18.8 Å². The monoisotopic (exact) mass is 274 g/mol. The molecule has 0 radical (unpaired) electrons. The number of rotatable bonds is 4. The van der Waals surface area contributed by atoms with E-state index in [1.807, 2.05) is 29.2 Å². The summed E-state index contributed by atoms with van der Waals surface area (Å²) in [5, 5.41) is 0. The molecule has 1 amide bonds. The Bertz CT molecular complexity index is 444. The molecular formula is C17H26N2O. The van der Waals surface area contributed by atoms with Crippen LogP contribution in [0.3, 0.4) is 0 Å². The second-order valence-electron chi connectivity index (χ2n) is 5.89. The van der Waals surface area contributed by atoms with Crippen LogP contribution in [0.5, 0.6) is 0 Å². The average molecular weight is 274 g/mol. The van der Waals surface area contributed by atoms with Gasteiger partial charge in [-0.25, -0.2) is 0 Å². The summed E-state index contributed by atoms with van der Waals surface area (Å²) in [5.41, 5.74) is 7.51. The minimum Gasteiger partial charge on any atom is -0.399 e. The Morgan fingerprint density at radius 1 is 1.35 bits per heavy atom. The molecule has 1 aliphatic rings. The molecule has 1 saturated heterocycles. The van der Waals surface area contributed by atoms with Crippen molar-refractivity contribution >= 4 is 11.6 Å². The van der Waals surface area contributed by atoms with Crippen LogP contribution in [-0.2, 0) is 11.2 Å². The quantitative estimate of drug-likeness (QED) is 0.857. The summed E-state index contributed by atoms with van der Waals surface area (Å²) < 4.78 is 0. The van der Waals surface area contributed by atoms with Gasteiger partial charge in [0.25, 0.3) is 0 Å². The lowest BCUT2D eigenvalue weighted by molar-refractivity contribution is -0.130. The summed E-state index contributed by atoms with van der Waals surface area (Å²) in [4.78, 5) is 14.4. The fourth-order valence-corrected chi connectivity index (χ4v) is 3.10. The lowest BCUT2D eigenvalue weighted by Crippen LogP contribution is -2.33. The largest absolute Gasteiger partial charge is 0.399 e. The molecule has 1 aliphatic heterocycles. The number of carbonyl (C=O) groups excluding carboxylic acids is 1. The van der Waals surface area contributed by atoms with Crippen molar-refractivity contribution in [1.82, 2.24) is 4.90 Å². The van der Waals surface area contributed by atoms with E-state index in [1.165, 1.54) is 19.3 Å². The molecule has 1 aromatic carbocycles. The molecule has 2 rings (SSSR count). The second-order valence-corrected chi connectivity index (χ2v) is 5.89. The van der Waals surface area contributed by atoms with E-state index in [4.69, 9.17) is 5.73 Å². The van der Waals surface area contributed by atoms with Crippen LogP contribution in [0.1, 0.15) is 44.6 Å². The van der Waals surface area contributed by atoms with Crippen molar-refractivity contribution in [1.29, 1.82) is 0 Å². The molecule has 20 heavy (non-hydrogen) atoms. The van der Waals surface area contributed by atoms with Crippen molar-refractivity contribution in [3.8, 4) is 0 Å². The van der Waals surface area contributed by atoms with E-state index in [9.17, 15) is 4.79 Å². The highest BCUT2D eigenvalue weighted by Gasteiger charge is 2.20. The van der Waals surface area contributed by atoms with E-state index in [0.717, 1.165) is 43.1 Å². The van der Waals surface area contributed by atoms with Crippen LogP contribution in [0, 0.1) is 5.92 Å². The van der Waals surface area contributed by atoms with Gasteiger partial charge in [0.1, 0.15) is 0 Å². The summed E-state index contributed by atoms with van der Waals surface area (Å²) >= 11 is 0. The van der Waals surface area contributed by atoms with Crippen LogP contribution >= 0.6 is 0 Å². The van der Waals surface area contributed by atoms with Crippen molar-refractivity contribution in [3.05, 3.63) is 29.8 Å². The van der Waals surface area contributed by atoms with Gasteiger partial charge in [0.05, 0.1) is 6.42 Å². The Balaban J connectivity index is 1.89. The molecule has 1 atom stereocenters. The van der Waals surface area contributed by atoms with Gasteiger partial charge in [0, 0.05) is 18.8 Å². The number of nitrogen functional groups attached to an aromatic ring is 1. The number of anilines is 1. The third-order valence-electron chi connectivity index (χ3n) is 4.20. The molecule has 0 aromatic heterocycles. The summed E-state index contributed by atoms with van der Waals surface area (Å²) in [6.07, 6.45) is 6.61. The van der Waals surface area contributed by atoms with Crippen molar-refractivity contribution < 1.29 is 4.79 Å². The van der Waals surface area contributed by atoms with Gasteiger partial charge in [-0.05, 0) is 42.9 Å². The predicted octanol–water partition coefficient (Wildman–Crippen LogP) is 3.24. The molecule has 3 heteroatoms. The first-order chi connectivity index (χ1) is 9.69. The number of likely N-dealkylation sites (tertiary alicyclic amines) is 1. The Morgan fingerprint density at radius 2 is 2.20 bits per heavy atom. The number of hydrogen-bond donors (Lipinski definition) is 1. The standard InChI is InChI=1S/C17H26N2O/c1-2-5-14-7-4-10-19(11-9-14)17(20)13-15-6-3-8-16(18)12-15/h3,6,8,12,14H,2,4-5,7,9-11,13,18H2,1H3. The Morgan fingerprint density at radius 3 is 2.95 bits per heavy atom. The van der Waals surface area contributed by atoms with Gasteiger partial charge in [-0.1, -0.05) is 31.9 Å². The zero-order valence-electron chi connectivity index (χ0n) is 12.5. The van der Waals surface area contributed by atoms with Crippen LogP contribution in [0.15, 0.2) is 24.3 Å². The lowest BCUT2D eigenvalue weighted by atomic mass is 9.96. The number of nitrogens with zero attached hydrogens (tertiary/aromatic N) is 1. The number of carbonyl (C=O) groups is 1. The maximum Gasteiger partial charge on any atom is 0.226 e. The molecule has 1 heterocycles. The van der Waals surface area contributed by atoms with E-state index in [0.29, 0.717) is 6.42 Å². The Labute approximate surface area is 122 Å². The number of amides is 1. The third-order valence-corrected chi connectivity index (χ3v) is 4.20. The topological polar surface area (TPSA) is 46.3 Å². The zero-order chi connectivity index (χ0) is 14.4. The zero-order valence-corrected chi connectivity index (χ0v) is 12.5. The molecule has 0 spiro atoms. The molecule has 3 nitrogen and oxygen atoms in total. The molecule has 110 valence electrons. The third kappa shape index (κ3) is 4.26. The number of nitrogens with two attached hydrogens (primary N) is 1. The summed E-state index contributed by atoms with van der Waals surface area (Å²) in [6.45, 7) is 4.08. The molecule has 1 unspecified atom stereocenters. The maximum atomic E-state index is 12.4. The van der Waals surface area contributed by atoms with E-state index >= 15 is 0 Å². The number of benzene rings is 1. The van der Waals surface area contributed by atoms with Gasteiger partial charge < -0.3 is 10.6 Å². The van der Waals surface area contributed by atoms with Gasteiger partial charge in [0.2, 0.25) is 5.91 Å². The smallest absolute Gasteiger partial charge is 0.226 e. The van der Waals surface area contributed by atoms with Crippen LogP contribution < -0.4 is 5.73 Å². The first-order valence-corrected chi connectivity index (χ1v) is 7.81. The second kappa shape index (κ2) is 7.32. The van der Waals surface area contributed by atoms with Crippen molar-refractivity contribution in [3.63, 3.8) is 0 Å². The highest BCUT2D eigenvalue weighted by Crippen LogP contribution is 2.22. The molecule has 0 bridgehead atoms. The molecule has 0 aliphatic carbocycles. The molecule has 1 aromatic rings. The fraction of sp³-hybridized carbons (Fsp3) is 0.588. The van der Waals surface area contributed by atoms with Gasteiger partial charge >= 0.3 is 0 Å². The van der Waals surface area contributed by atoms with Crippen LogP contribution in [-0.4, -0.2) is 23.9 Å². The predicted molar refractivity (Wildman–Crippen MR) is 83.4 cm³/mol. The Kier molecular flexibility index (Phi) is 5.45. The number of hydrogen-bond acceptors (Lipinski definition) is 2. The minimum absolute atomic E-state index is 0.243. The highest BCUT2D eigenvalue weighted by molar-refractivity contribution is 5.79. The van der Waals surface area contributed by atoms with Crippen LogP contribution in [0.4, 0.5) is 5.69 Å². The average Bonchev–Trinajstić information content (AvgIpc) is 2.65. The van der Waals surface area contributed by atoms with Crippen LogP contribution in [0.2, 0.25) is 0 Å². The highest BCUT2D eigenvalue weighted by atomic mass is 16.2. The first-order valence-electron chi connectivity index (χ1n) is 7.81.